The predicted octanol–water partition coefficient (Wildman–Crippen LogP) is 3.65. The standard InChI is InChI=1S/C22H25ClN6O2/c1-14-21(23)15(2)29(27-14)19-9-7-16(8-10-19)22(31)26-18-11-24-28(12-18)13-20(30)25-17-5-3-4-6-17/h7-12,17H,3-6,13H2,1-2H3,(H,25,30)(H,26,31). The summed E-state index contributed by atoms with van der Waals surface area (Å²) >= 11 is 6.22. The van der Waals surface area contributed by atoms with Crippen LogP contribution in [0.25, 0.3) is 5.69 Å². The van der Waals surface area contributed by atoms with Gasteiger partial charge >= 0.3 is 0 Å². The number of amides is 2. The fourth-order valence-electron chi connectivity index (χ4n) is 3.84. The number of aromatic nitrogens is 4. The van der Waals surface area contributed by atoms with Crippen LogP contribution in [-0.4, -0.2) is 37.4 Å². The van der Waals surface area contributed by atoms with Gasteiger partial charge in [0.25, 0.3) is 5.91 Å². The van der Waals surface area contributed by atoms with E-state index < -0.39 is 0 Å². The first-order valence-electron chi connectivity index (χ1n) is 10.4. The van der Waals surface area contributed by atoms with E-state index in [-0.39, 0.29) is 24.4 Å². The third-order valence-corrected chi connectivity index (χ3v) is 6.04. The lowest BCUT2D eigenvalue weighted by atomic mass is 10.2. The van der Waals surface area contributed by atoms with Gasteiger partial charge in [-0.25, -0.2) is 4.68 Å². The van der Waals surface area contributed by atoms with E-state index in [1.807, 2.05) is 26.0 Å². The minimum absolute atomic E-state index is 0.0623. The van der Waals surface area contributed by atoms with Crippen LogP contribution < -0.4 is 10.6 Å². The highest BCUT2D eigenvalue weighted by molar-refractivity contribution is 6.31. The van der Waals surface area contributed by atoms with Gasteiger partial charge in [-0.2, -0.15) is 10.2 Å². The zero-order valence-corrected chi connectivity index (χ0v) is 18.3. The van der Waals surface area contributed by atoms with Crippen LogP contribution in [0.15, 0.2) is 36.7 Å². The van der Waals surface area contributed by atoms with Crippen LogP contribution in [0.3, 0.4) is 0 Å². The van der Waals surface area contributed by atoms with E-state index in [9.17, 15) is 9.59 Å². The molecule has 0 radical (unpaired) electrons. The van der Waals surface area contributed by atoms with Crippen molar-refractivity contribution >= 4 is 29.1 Å². The molecule has 0 spiro atoms. The number of halogens is 1. The summed E-state index contributed by atoms with van der Waals surface area (Å²) in [4.78, 5) is 24.7. The van der Waals surface area contributed by atoms with Gasteiger partial charge in [-0.05, 0) is 51.0 Å². The van der Waals surface area contributed by atoms with Crippen LogP contribution in [-0.2, 0) is 11.3 Å². The highest BCUT2D eigenvalue weighted by atomic mass is 35.5. The Balaban J connectivity index is 1.36. The minimum atomic E-state index is -0.257. The van der Waals surface area contributed by atoms with Crippen LogP contribution in [0.1, 0.15) is 47.4 Å². The van der Waals surface area contributed by atoms with E-state index >= 15 is 0 Å². The number of hydrogen-bond acceptors (Lipinski definition) is 4. The number of nitrogens with zero attached hydrogens (tertiary/aromatic N) is 4. The zero-order chi connectivity index (χ0) is 22.0. The molecule has 162 valence electrons. The van der Waals surface area contributed by atoms with E-state index in [0.717, 1.165) is 29.9 Å². The monoisotopic (exact) mass is 440 g/mol. The van der Waals surface area contributed by atoms with Crippen molar-refractivity contribution in [3.05, 3.63) is 58.6 Å². The lowest BCUT2D eigenvalue weighted by Gasteiger charge is -2.11. The average Bonchev–Trinajstić information content (AvgIpc) is 3.47. The topological polar surface area (TPSA) is 93.8 Å². The molecule has 1 aliphatic rings. The summed E-state index contributed by atoms with van der Waals surface area (Å²) in [5.74, 6) is -0.319. The maximum atomic E-state index is 12.6. The van der Waals surface area contributed by atoms with E-state index in [4.69, 9.17) is 11.6 Å². The van der Waals surface area contributed by atoms with Crippen molar-refractivity contribution in [3.63, 3.8) is 0 Å². The van der Waals surface area contributed by atoms with Crippen LogP contribution >= 0.6 is 11.6 Å². The summed E-state index contributed by atoms with van der Waals surface area (Å²) in [6, 6.07) is 7.38. The first kappa shape index (κ1) is 21.1. The second kappa shape index (κ2) is 8.93. The molecule has 0 bridgehead atoms. The second-order valence-corrected chi connectivity index (χ2v) is 8.25. The molecular weight excluding hydrogens is 416 g/mol. The number of benzene rings is 1. The number of nitrogens with one attached hydrogen (secondary N) is 2. The van der Waals surface area contributed by atoms with Crippen molar-refractivity contribution in [1.29, 1.82) is 0 Å². The van der Waals surface area contributed by atoms with E-state index in [0.29, 0.717) is 16.3 Å². The molecule has 9 heteroatoms. The third-order valence-electron chi connectivity index (χ3n) is 5.49. The summed E-state index contributed by atoms with van der Waals surface area (Å²) < 4.78 is 3.27. The van der Waals surface area contributed by atoms with E-state index in [2.05, 4.69) is 20.8 Å². The lowest BCUT2D eigenvalue weighted by Crippen LogP contribution is -2.35. The second-order valence-electron chi connectivity index (χ2n) is 7.87. The van der Waals surface area contributed by atoms with Crippen molar-refractivity contribution < 1.29 is 9.59 Å². The normalized spacial score (nSPS) is 14.0. The Morgan fingerprint density at radius 2 is 1.87 bits per heavy atom. The molecule has 0 saturated heterocycles. The number of carbonyl (C=O) groups excluding carboxylic acids is 2. The molecule has 2 aromatic heterocycles. The van der Waals surface area contributed by atoms with E-state index in [1.54, 1.807) is 23.0 Å². The number of hydrogen-bond donors (Lipinski definition) is 2. The summed E-state index contributed by atoms with van der Waals surface area (Å²) in [5.41, 5.74) is 3.47. The van der Waals surface area contributed by atoms with Crippen molar-refractivity contribution in [2.45, 2.75) is 52.1 Å². The summed E-state index contributed by atoms with van der Waals surface area (Å²) in [7, 11) is 0. The van der Waals surface area contributed by atoms with Gasteiger partial charge in [-0.15, -0.1) is 0 Å². The first-order chi connectivity index (χ1) is 14.9. The Morgan fingerprint density at radius 3 is 2.52 bits per heavy atom. The first-order valence-corrected chi connectivity index (χ1v) is 10.7. The summed E-state index contributed by atoms with van der Waals surface area (Å²) in [5, 5.41) is 15.1. The fourth-order valence-corrected chi connectivity index (χ4v) is 3.96. The number of aryl methyl sites for hydroxylation is 1. The zero-order valence-electron chi connectivity index (χ0n) is 17.6. The molecule has 1 aliphatic carbocycles. The van der Waals surface area contributed by atoms with Crippen LogP contribution in [0.5, 0.6) is 0 Å². The molecule has 0 unspecified atom stereocenters. The molecule has 1 aromatic carbocycles. The van der Waals surface area contributed by atoms with Gasteiger partial charge < -0.3 is 10.6 Å². The van der Waals surface area contributed by atoms with Gasteiger partial charge in [-0.3, -0.25) is 14.3 Å². The smallest absolute Gasteiger partial charge is 0.255 e. The largest absolute Gasteiger partial charge is 0.352 e. The molecule has 2 amide bonds. The van der Waals surface area contributed by atoms with Crippen LogP contribution in [0, 0.1) is 13.8 Å². The van der Waals surface area contributed by atoms with Gasteiger partial charge in [0.1, 0.15) is 6.54 Å². The summed E-state index contributed by atoms with van der Waals surface area (Å²) in [6.45, 7) is 3.88. The Kier molecular flexibility index (Phi) is 6.08. The van der Waals surface area contributed by atoms with Crippen LogP contribution in [0.2, 0.25) is 5.02 Å². The van der Waals surface area contributed by atoms with Crippen molar-refractivity contribution in [2.75, 3.05) is 5.32 Å². The van der Waals surface area contributed by atoms with E-state index in [1.165, 1.54) is 23.7 Å². The van der Waals surface area contributed by atoms with Crippen LogP contribution in [0.4, 0.5) is 5.69 Å². The Hall–Kier alpha value is -3.13. The van der Waals surface area contributed by atoms with Gasteiger partial charge in [0.2, 0.25) is 5.91 Å². The predicted molar refractivity (Wildman–Crippen MR) is 119 cm³/mol. The lowest BCUT2D eigenvalue weighted by molar-refractivity contribution is -0.122. The van der Waals surface area contributed by atoms with Gasteiger partial charge in [-0.1, -0.05) is 24.4 Å². The average molecular weight is 441 g/mol. The third kappa shape index (κ3) is 4.80. The highest BCUT2D eigenvalue weighted by Gasteiger charge is 2.17. The summed E-state index contributed by atoms with van der Waals surface area (Å²) in [6.07, 6.45) is 7.60. The number of anilines is 1. The Labute approximate surface area is 185 Å². The quantitative estimate of drug-likeness (QED) is 0.611. The van der Waals surface area contributed by atoms with Gasteiger partial charge in [0.05, 0.1) is 34.0 Å². The van der Waals surface area contributed by atoms with Crippen molar-refractivity contribution in [1.82, 2.24) is 24.9 Å². The fraction of sp³-hybridized carbons (Fsp3) is 0.364. The molecule has 4 rings (SSSR count). The molecule has 0 aliphatic heterocycles. The Bertz CT molecular complexity index is 1100. The molecule has 1 saturated carbocycles. The highest BCUT2D eigenvalue weighted by Crippen LogP contribution is 2.22. The SMILES string of the molecule is Cc1nn(-c2ccc(C(=O)Nc3cnn(CC(=O)NC4CCCC4)c3)cc2)c(C)c1Cl. The maximum absolute atomic E-state index is 12.6. The molecule has 1 fully saturated rings. The van der Waals surface area contributed by atoms with Gasteiger partial charge in [0.15, 0.2) is 0 Å². The molecule has 2 heterocycles. The molecular formula is C22H25ClN6O2. The maximum Gasteiger partial charge on any atom is 0.255 e. The molecule has 0 atom stereocenters. The van der Waals surface area contributed by atoms with Gasteiger partial charge in [0, 0.05) is 17.8 Å². The minimum Gasteiger partial charge on any atom is -0.352 e. The van der Waals surface area contributed by atoms with Crippen molar-refractivity contribution in [2.24, 2.45) is 0 Å². The number of carbonyl (C=O) groups is 2. The molecule has 31 heavy (non-hydrogen) atoms. The molecule has 8 nitrogen and oxygen atoms in total. The molecule has 3 aromatic rings. The van der Waals surface area contributed by atoms with Crippen molar-refractivity contribution in [3.8, 4) is 5.69 Å². The molecule has 2 N–H and O–H groups in total. The number of rotatable bonds is 6. The Morgan fingerprint density at radius 1 is 1.16 bits per heavy atom.